The van der Waals surface area contributed by atoms with E-state index < -0.39 is 0 Å². The minimum Gasteiger partial charge on any atom is -0.465 e. The zero-order valence-electron chi connectivity index (χ0n) is 13.9. The zero-order chi connectivity index (χ0) is 18.1. The van der Waals surface area contributed by atoms with Crippen molar-refractivity contribution in [1.82, 2.24) is 19.7 Å². The van der Waals surface area contributed by atoms with Gasteiger partial charge in [0, 0.05) is 29.4 Å². The molecule has 2 aromatic heterocycles. The quantitative estimate of drug-likeness (QED) is 0.637. The van der Waals surface area contributed by atoms with Crippen LogP contribution in [-0.4, -0.2) is 37.6 Å². The van der Waals surface area contributed by atoms with Crippen molar-refractivity contribution in [3.05, 3.63) is 53.3 Å². The summed E-state index contributed by atoms with van der Waals surface area (Å²) >= 11 is 7.70. The molecule has 1 saturated heterocycles. The van der Waals surface area contributed by atoms with Crippen molar-refractivity contribution >= 4 is 29.3 Å². The van der Waals surface area contributed by atoms with Crippen LogP contribution in [0.4, 0.5) is 0 Å². The van der Waals surface area contributed by atoms with Gasteiger partial charge in [-0.2, -0.15) is 0 Å². The number of rotatable bonds is 4. The molecule has 1 aromatic carbocycles. The molecular weight excluding hydrogens is 372 g/mol. The standard InChI is InChI=1S/C18H15ClN4O2S/c1-11-13(19)3-2-4-14(11)23-16(12-5-8-20-9-6-12)21-22-18(23)26-15-7-10-25-17(15)24/h2-6,8-9,15H,7,10H2,1H3/t15-/m0/s1. The van der Waals surface area contributed by atoms with E-state index in [4.69, 9.17) is 16.3 Å². The number of carbonyl (C=O) groups is 1. The van der Waals surface area contributed by atoms with Gasteiger partial charge < -0.3 is 4.74 Å². The second-order valence-electron chi connectivity index (χ2n) is 5.82. The molecule has 4 rings (SSSR count). The summed E-state index contributed by atoms with van der Waals surface area (Å²) in [6.07, 6.45) is 4.08. The number of pyridine rings is 1. The largest absolute Gasteiger partial charge is 0.465 e. The highest BCUT2D eigenvalue weighted by atomic mass is 35.5. The molecule has 1 fully saturated rings. The molecule has 1 aliphatic heterocycles. The Hall–Kier alpha value is -2.38. The summed E-state index contributed by atoms with van der Waals surface area (Å²) in [5, 5.41) is 9.73. The Labute approximate surface area is 159 Å². The van der Waals surface area contributed by atoms with E-state index in [1.54, 1.807) is 12.4 Å². The van der Waals surface area contributed by atoms with Crippen molar-refractivity contribution < 1.29 is 9.53 Å². The van der Waals surface area contributed by atoms with E-state index in [0.717, 1.165) is 16.8 Å². The Bertz CT molecular complexity index is 961. The summed E-state index contributed by atoms with van der Waals surface area (Å²) in [7, 11) is 0. The second kappa shape index (κ2) is 7.09. The number of esters is 1. The molecule has 3 heterocycles. The fourth-order valence-corrected chi connectivity index (χ4v) is 3.98. The average Bonchev–Trinajstić information content (AvgIpc) is 3.25. The van der Waals surface area contributed by atoms with Crippen LogP contribution in [0.1, 0.15) is 12.0 Å². The molecule has 26 heavy (non-hydrogen) atoms. The highest BCUT2D eigenvalue weighted by Gasteiger charge is 2.30. The van der Waals surface area contributed by atoms with Gasteiger partial charge in [-0.1, -0.05) is 29.4 Å². The van der Waals surface area contributed by atoms with Crippen LogP contribution in [0, 0.1) is 6.92 Å². The average molecular weight is 387 g/mol. The molecule has 0 unspecified atom stereocenters. The van der Waals surface area contributed by atoms with Crippen LogP contribution in [-0.2, 0) is 9.53 Å². The fourth-order valence-electron chi connectivity index (χ4n) is 2.80. The van der Waals surface area contributed by atoms with Crippen LogP contribution >= 0.6 is 23.4 Å². The lowest BCUT2D eigenvalue weighted by atomic mass is 10.2. The van der Waals surface area contributed by atoms with Gasteiger partial charge in [0.05, 0.1) is 12.3 Å². The number of hydrogen-bond donors (Lipinski definition) is 0. The smallest absolute Gasteiger partial charge is 0.319 e. The zero-order valence-corrected chi connectivity index (χ0v) is 15.5. The minimum absolute atomic E-state index is 0.210. The Balaban J connectivity index is 1.86. The maximum absolute atomic E-state index is 11.9. The maximum atomic E-state index is 11.9. The summed E-state index contributed by atoms with van der Waals surface area (Å²) in [6.45, 7) is 2.39. The van der Waals surface area contributed by atoms with Gasteiger partial charge in [0.1, 0.15) is 5.25 Å². The van der Waals surface area contributed by atoms with Crippen LogP contribution < -0.4 is 0 Å². The van der Waals surface area contributed by atoms with E-state index in [9.17, 15) is 4.79 Å². The van der Waals surface area contributed by atoms with Gasteiger partial charge in [-0.15, -0.1) is 10.2 Å². The second-order valence-corrected chi connectivity index (χ2v) is 7.40. The van der Waals surface area contributed by atoms with E-state index in [0.29, 0.717) is 29.0 Å². The van der Waals surface area contributed by atoms with Gasteiger partial charge in [0.2, 0.25) is 0 Å². The highest BCUT2D eigenvalue weighted by molar-refractivity contribution is 8.00. The fraction of sp³-hybridized carbons (Fsp3) is 0.222. The third-order valence-electron chi connectivity index (χ3n) is 4.19. The first kappa shape index (κ1) is 17.1. The Morgan fingerprint density at radius 3 is 2.77 bits per heavy atom. The van der Waals surface area contributed by atoms with E-state index in [1.807, 2.05) is 41.8 Å². The first-order chi connectivity index (χ1) is 12.6. The molecule has 1 aliphatic rings. The molecule has 132 valence electrons. The molecule has 0 bridgehead atoms. The molecule has 0 amide bonds. The number of thioether (sulfide) groups is 1. The summed E-state index contributed by atoms with van der Waals surface area (Å²) in [4.78, 5) is 16.0. The molecule has 0 saturated carbocycles. The molecule has 8 heteroatoms. The van der Waals surface area contributed by atoms with Crippen LogP contribution in [0.3, 0.4) is 0 Å². The molecule has 0 spiro atoms. The van der Waals surface area contributed by atoms with Crippen molar-refractivity contribution in [2.45, 2.75) is 23.8 Å². The Kier molecular flexibility index (Phi) is 4.65. The molecule has 0 N–H and O–H groups in total. The van der Waals surface area contributed by atoms with Crippen LogP contribution in [0.5, 0.6) is 0 Å². The van der Waals surface area contributed by atoms with E-state index in [1.165, 1.54) is 11.8 Å². The van der Waals surface area contributed by atoms with Crippen molar-refractivity contribution in [3.8, 4) is 17.1 Å². The van der Waals surface area contributed by atoms with E-state index in [-0.39, 0.29) is 11.2 Å². The van der Waals surface area contributed by atoms with Gasteiger partial charge in [-0.3, -0.25) is 14.3 Å². The van der Waals surface area contributed by atoms with E-state index in [2.05, 4.69) is 15.2 Å². The number of halogens is 1. The highest BCUT2D eigenvalue weighted by Crippen LogP contribution is 2.35. The van der Waals surface area contributed by atoms with Crippen molar-refractivity contribution in [2.24, 2.45) is 0 Å². The van der Waals surface area contributed by atoms with Crippen molar-refractivity contribution in [3.63, 3.8) is 0 Å². The number of aromatic nitrogens is 4. The number of ether oxygens (including phenoxy) is 1. The molecule has 0 aliphatic carbocycles. The predicted molar refractivity (Wildman–Crippen MR) is 99.6 cm³/mol. The third kappa shape index (κ3) is 3.08. The van der Waals surface area contributed by atoms with Crippen molar-refractivity contribution in [2.75, 3.05) is 6.61 Å². The SMILES string of the molecule is Cc1c(Cl)cccc1-n1c(S[C@H]2CCOC2=O)nnc1-c1ccncc1. The van der Waals surface area contributed by atoms with Gasteiger partial charge >= 0.3 is 5.97 Å². The van der Waals surface area contributed by atoms with Crippen LogP contribution in [0.2, 0.25) is 5.02 Å². The van der Waals surface area contributed by atoms with Gasteiger partial charge in [0.15, 0.2) is 11.0 Å². The third-order valence-corrected chi connectivity index (χ3v) is 5.78. The van der Waals surface area contributed by atoms with Crippen molar-refractivity contribution in [1.29, 1.82) is 0 Å². The topological polar surface area (TPSA) is 69.9 Å². The summed E-state index contributed by atoms with van der Waals surface area (Å²) in [6, 6.07) is 9.45. The summed E-state index contributed by atoms with van der Waals surface area (Å²) in [5.41, 5.74) is 2.68. The summed E-state index contributed by atoms with van der Waals surface area (Å²) < 4.78 is 7.01. The predicted octanol–water partition coefficient (Wildman–Crippen LogP) is 3.70. The summed E-state index contributed by atoms with van der Waals surface area (Å²) in [5.74, 6) is 0.462. The molecule has 6 nitrogen and oxygen atoms in total. The van der Waals surface area contributed by atoms with E-state index >= 15 is 0 Å². The normalized spacial score (nSPS) is 16.7. The lowest BCUT2D eigenvalue weighted by Gasteiger charge is -2.14. The maximum Gasteiger partial charge on any atom is 0.319 e. The number of cyclic esters (lactones) is 1. The first-order valence-corrected chi connectivity index (χ1v) is 9.35. The number of benzene rings is 1. The molecule has 3 aromatic rings. The van der Waals surface area contributed by atoms with Crippen LogP contribution in [0.25, 0.3) is 17.1 Å². The van der Waals surface area contributed by atoms with Gasteiger partial charge in [-0.25, -0.2) is 0 Å². The lowest BCUT2D eigenvalue weighted by molar-refractivity contribution is -0.137. The molecular formula is C18H15ClN4O2S. The van der Waals surface area contributed by atoms with Crippen LogP contribution in [0.15, 0.2) is 47.9 Å². The number of nitrogens with zero attached hydrogens (tertiary/aromatic N) is 4. The molecule has 0 radical (unpaired) electrons. The van der Waals surface area contributed by atoms with Gasteiger partial charge in [-0.05, 0) is 36.8 Å². The van der Waals surface area contributed by atoms with Gasteiger partial charge in [0.25, 0.3) is 0 Å². The number of carbonyl (C=O) groups excluding carboxylic acids is 1. The Morgan fingerprint density at radius 2 is 2.04 bits per heavy atom. The first-order valence-electron chi connectivity index (χ1n) is 8.10. The molecule has 1 atom stereocenters. The number of hydrogen-bond acceptors (Lipinski definition) is 6. The Morgan fingerprint density at radius 1 is 1.23 bits per heavy atom. The minimum atomic E-state index is -0.275. The monoisotopic (exact) mass is 386 g/mol. The lowest BCUT2D eigenvalue weighted by Crippen LogP contribution is -2.11.